The Morgan fingerprint density at radius 2 is 1.85 bits per heavy atom. The number of likely N-dealkylation sites (tertiary alicyclic amines) is 1. The molecule has 3 aliphatic heterocycles. The molecule has 0 spiro atoms. The lowest BCUT2D eigenvalue weighted by Gasteiger charge is -2.32. The zero-order chi connectivity index (χ0) is 27.4. The summed E-state index contributed by atoms with van der Waals surface area (Å²) in [5, 5.41) is 30.1. The number of aliphatic hydroxyl groups excluding tert-OH is 1. The van der Waals surface area contributed by atoms with Gasteiger partial charge in [-0.2, -0.15) is 4.98 Å². The zero-order valence-electron chi connectivity index (χ0n) is 22.5. The summed E-state index contributed by atoms with van der Waals surface area (Å²) in [6.07, 6.45) is 4.76. The van der Waals surface area contributed by atoms with E-state index in [4.69, 9.17) is 4.98 Å². The molecule has 11 nitrogen and oxygen atoms in total. The zero-order valence-corrected chi connectivity index (χ0v) is 22.5. The van der Waals surface area contributed by atoms with Crippen LogP contribution in [0.25, 0.3) is 0 Å². The van der Waals surface area contributed by atoms with E-state index in [1.54, 1.807) is 25.1 Å². The molecule has 1 aromatic heterocycles. The molecule has 0 radical (unpaired) electrons. The van der Waals surface area contributed by atoms with E-state index in [0.29, 0.717) is 32.0 Å². The smallest absolute Gasteiger partial charge is 0.270 e. The third kappa shape index (κ3) is 6.77. The number of hydrogen-bond acceptors (Lipinski definition) is 9. The molecule has 2 saturated heterocycles. The van der Waals surface area contributed by atoms with Crippen LogP contribution in [0.5, 0.6) is 5.75 Å². The average Bonchev–Trinajstić information content (AvgIpc) is 2.96. The molecule has 2 fully saturated rings. The summed E-state index contributed by atoms with van der Waals surface area (Å²) in [4.78, 5) is 38.2. The molecular formula is C28H39N7O4. The number of fused-ring (bicyclic) bond motifs is 1. The van der Waals surface area contributed by atoms with Crippen molar-refractivity contribution in [1.82, 2.24) is 25.5 Å². The molecule has 11 heteroatoms. The Morgan fingerprint density at radius 3 is 2.59 bits per heavy atom. The first-order chi connectivity index (χ1) is 18.9. The van der Waals surface area contributed by atoms with Crippen LogP contribution in [0.1, 0.15) is 60.6 Å². The molecule has 3 aliphatic rings. The van der Waals surface area contributed by atoms with E-state index in [-0.39, 0.29) is 41.9 Å². The van der Waals surface area contributed by atoms with Crippen LogP contribution >= 0.6 is 0 Å². The van der Waals surface area contributed by atoms with E-state index >= 15 is 0 Å². The molecule has 0 saturated carbocycles. The summed E-state index contributed by atoms with van der Waals surface area (Å²) >= 11 is 0. The number of piperidine rings is 2. The number of aromatic nitrogens is 2. The number of amides is 2. The topological polar surface area (TPSA) is 143 Å². The molecule has 2 atom stereocenters. The molecule has 0 unspecified atom stereocenters. The number of phenolic OH excluding ortho intramolecular Hbond substituents is 1. The number of phenols is 1. The van der Waals surface area contributed by atoms with Crippen LogP contribution in [0.15, 0.2) is 24.3 Å². The number of aromatic hydroxyl groups is 1. The molecule has 1 aromatic carbocycles. The summed E-state index contributed by atoms with van der Waals surface area (Å²) < 4.78 is 0. The lowest BCUT2D eigenvalue weighted by Crippen LogP contribution is -2.49. The van der Waals surface area contributed by atoms with Crippen LogP contribution in [0.4, 0.5) is 11.8 Å². The van der Waals surface area contributed by atoms with Crippen LogP contribution in [0.3, 0.4) is 0 Å². The van der Waals surface area contributed by atoms with Crippen molar-refractivity contribution in [3.63, 3.8) is 0 Å². The molecule has 0 bridgehead atoms. The first-order valence-electron chi connectivity index (χ1n) is 14.0. The monoisotopic (exact) mass is 537 g/mol. The number of benzene rings is 1. The van der Waals surface area contributed by atoms with E-state index in [0.717, 1.165) is 55.7 Å². The van der Waals surface area contributed by atoms with E-state index in [1.807, 2.05) is 11.0 Å². The maximum absolute atomic E-state index is 13.2. The number of hydrogen-bond donors (Lipinski definition) is 5. The minimum absolute atomic E-state index is 0.0826. The summed E-state index contributed by atoms with van der Waals surface area (Å²) in [6, 6.07) is 6.92. The highest BCUT2D eigenvalue weighted by molar-refractivity contribution is 5.93. The van der Waals surface area contributed by atoms with Crippen LogP contribution in [-0.4, -0.2) is 87.8 Å². The van der Waals surface area contributed by atoms with E-state index < -0.39 is 6.10 Å². The van der Waals surface area contributed by atoms with Crippen molar-refractivity contribution in [2.45, 2.75) is 70.2 Å². The van der Waals surface area contributed by atoms with Gasteiger partial charge in [-0.25, -0.2) is 4.98 Å². The molecule has 5 rings (SSSR count). The van der Waals surface area contributed by atoms with E-state index in [2.05, 4.69) is 25.8 Å². The van der Waals surface area contributed by atoms with Crippen LogP contribution in [0, 0.1) is 0 Å². The van der Waals surface area contributed by atoms with Gasteiger partial charge in [0, 0.05) is 64.3 Å². The second-order valence-electron chi connectivity index (χ2n) is 10.8. The van der Waals surface area contributed by atoms with Gasteiger partial charge < -0.3 is 36.0 Å². The standard InChI is InChI=1S/C28H39N7O4/c1-18(36)34-11-7-21(8-12-34)31-28-32-24(15-26(33-28)35-9-3-2-4-10-35)27(39)30-17-25(38)23-14-19-5-6-22(37)13-20(19)16-29-23/h5-6,13,15,21,23,25,29,37-38H,2-4,7-12,14,16-17H2,1H3,(H,30,39)(H,31,32,33)/t23-,25+/m0/s1. The first-order valence-corrected chi connectivity index (χ1v) is 14.0. The van der Waals surface area contributed by atoms with Crippen molar-refractivity contribution < 1.29 is 19.8 Å². The van der Waals surface area contributed by atoms with Gasteiger partial charge in [0.2, 0.25) is 11.9 Å². The molecule has 5 N–H and O–H groups in total. The van der Waals surface area contributed by atoms with Gasteiger partial charge in [-0.05, 0) is 61.8 Å². The highest BCUT2D eigenvalue weighted by Crippen LogP contribution is 2.24. The molecule has 2 aromatic rings. The van der Waals surface area contributed by atoms with E-state index in [9.17, 15) is 19.8 Å². The minimum atomic E-state index is -0.789. The lowest BCUT2D eigenvalue weighted by molar-refractivity contribution is -0.129. The number of rotatable bonds is 7. The second-order valence-corrected chi connectivity index (χ2v) is 10.8. The van der Waals surface area contributed by atoms with Crippen molar-refractivity contribution >= 4 is 23.6 Å². The third-order valence-corrected chi connectivity index (χ3v) is 8.02. The van der Waals surface area contributed by atoms with Crippen LogP contribution in [-0.2, 0) is 17.8 Å². The van der Waals surface area contributed by atoms with Gasteiger partial charge in [0.05, 0.1) is 6.10 Å². The highest BCUT2D eigenvalue weighted by atomic mass is 16.3. The predicted molar refractivity (Wildman–Crippen MR) is 148 cm³/mol. The van der Waals surface area contributed by atoms with Crippen molar-refractivity contribution in [3.05, 3.63) is 41.1 Å². The molecule has 39 heavy (non-hydrogen) atoms. The Hall–Kier alpha value is -3.44. The number of nitrogens with zero attached hydrogens (tertiary/aromatic N) is 4. The summed E-state index contributed by atoms with van der Waals surface area (Å²) in [6.45, 7) is 5.37. The summed E-state index contributed by atoms with van der Waals surface area (Å²) in [5.74, 6) is 1.10. The lowest BCUT2D eigenvalue weighted by atomic mass is 9.92. The quantitative estimate of drug-likeness (QED) is 0.354. The van der Waals surface area contributed by atoms with Crippen molar-refractivity contribution in [2.75, 3.05) is 42.9 Å². The number of anilines is 2. The van der Waals surface area contributed by atoms with Crippen molar-refractivity contribution in [1.29, 1.82) is 0 Å². The average molecular weight is 538 g/mol. The van der Waals surface area contributed by atoms with Gasteiger partial charge in [-0.1, -0.05) is 6.07 Å². The van der Waals surface area contributed by atoms with Crippen molar-refractivity contribution in [2.24, 2.45) is 0 Å². The van der Waals surface area contributed by atoms with Crippen LogP contribution in [0.2, 0.25) is 0 Å². The largest absolute Gasteiger partial charge is 0.508 e. The summed E-state index contributed by atoms with van der Waals surface area (Å²) in [7, 11) is 0. The fourth-order valence-corrected chi connectivity index (χ4v) is 5.65. The van der Waals surface area contributed by atoms with Gasteiger partial charge >= 0.3 is 0 Å². The maximum Gasteiger partial charge on any atom is 0.270 e. The Kier molecular flexibility index (Phi) is 8.47. The van der Waals surface area contributed by atoms with Crippen LogP contribution < -0.4 is 20.9 Å². The minimum Gasteiger partial charge on any atom is -0.508 e. The Labute approximate surface area is 229 Å². The fourth-order valence-electron chi connectivity index (χ4n) is 5.65. The second kappa shape index (κ2) is 12.2. The normalized spacial score (nSPS) is 20.7. The molecule has 0 aliphatic carbocycles. The maximum atomic E-state index is 13.2. The van der Waals surface area contributed by atoms with Gasteiger partial charge in [0.15, 0.2) is 0 Å². The molecule has 2 amide bonds. The van der Waals surface area contributed by atoms with Crippen molar-refractivity contribution in [3.8, 4) is 5.75 Å². The number of nitrogens with one attached hydrogen (secondary N) is 3. The predicted octanol–water partition coefficient (Wildman–Crippen LogP) is 1.40. The first kappa shape index (κ1) is 27.1. The van der Waals surface area contributed by atoms with Gasteiger partial charge in [0.25, 0.3) is 5.91 Å². The summed E-state index contributed by atoms with van der Waals surface area (Å²) in [5.41, 5.74) is 2.35. The number of carbonyl (C=O) groups is 2. The molecule has 4 heterocycles. The Morgan fingerprint density at radius 1 is 1.08 bits per heavy atom. The molecule has 210 valence electrons. The Balaban J connectivity index is 1.24. The Bertz CT molecular complexity index is 1180. The number of carbonyl (C=O) groups excluding carboxylic acids is 2. The van der Waals surface area contributed by atoms with Gasteiger partial charge in [-0.15, -0.1) is 0 Å². The highest BCUT2D eigenvalue weighted by Gasteiger charge is 2.27. The third-order valence-electron chi connectivity index (χ3n) is 8.02. The number of aliphatic hydroxyl groups is 1. The molecular weight excluding hydrogens is 498 g/mol. The van der Waals surface area contributed by atoms with Gasteiger partial charge in [0.1, 0.15) is 17.3 Å². The fraction of sp³-hybridized carbons (Fsp3) is 0.571. The van der Waals surface area contributed by atoms with E-state index in [1.165, 1.54) is 6.42 Å². The van der Waals surface area contributed by atoms with Gasteiger partial charge in [-0.3, -0.25) is 9.59 Å². The SMILES string of the molecule is CC(=O)N1CCC(Nc2nc(C(=O)NC[C@@H](O)[C@@H]3Cc4ccc(O)cc4CN3)cc(N3CCCCC3)n2)CC1.